The first-order valence-corrected chi connectivity index (χ1v) is 12.7. The number of hydrogen-bond acceptors (Lipinski definition) is 3. The number of benzene rings is 2. The van der Waals surface area contributed by atoms with Gasteiger partial charge in [0.15, 0.2) is 0 Å². The van der Waals surface area contributed by atoms with Crippen LogP contribution in [0, 0.1) is 0 Å². The monoisotopic (exact) mass is 530 g/mol. The summed E-state index contributed by atoms with van der Waals surface area (Å²) in [5, 5.41) is 8.10. The van der Waals surface area contributed by atoms with Crippen molar-refractivity contribution in [2.24, 2.45) is 0 Å². The highest BCUT2D eigenvalue weighted by molar-refractivity contribution is 9.10. The van der Waals surface area contributed by atoms with Gasteiger partial charge in [-0.3, -0.25) is 4.79 Å². The molecular weight excluding hydrogens is 500 g/mol. The maximum atomic E-state index is 13.1. The van der Waals surface area contributed by atoms with E-state index in [1.165, 1.54) is 0 Å². The predicted molar refractivity (Wildman–Crippen MR) is 144 cm³/mol. The van der Waals surface area contributed by atoms with Crippen LogP contribution >= 0.6 is 27.5 Å². The molecule has 33 heavy (non-hydrogen) atoms. The molecule has 0 radical (unpaired) electrons. The van der Waals surface area contributed by atoms with Crippen LogP contribution in [0.2, 0.25) is 5.02 Å². The highest BCUT2D eigenvalue weighted by Crippen LogP contribution is 2.27. The zero-order valence-corrected chi connectivity index (χ0v) is 21.6. The third-order valence-corrected chi connectivity index (χ3v) is 6.22. The highest BCUT2D eigenvalue weighted by atomic mass is 79.9. The Kier molecular flexibility index (Phi) is 10.0. The van der Waals surface area contributed by atoms with Crippen molar-refractivity contribution < 1.29 is 4.79 Å². The predicted octanol–water partition coefficient (Wildman–Crippen LogP) is 5.81. The molecule has 0 bridgehead atoms. The second-order valence-electron chi connectivity index (χ2n) is 7.69. The summed E-state index contributed by atoms with van der Waals surface area (Å²) >= 11 is 9.49. The fourth-order valence-corrected chi connectivity index (χ4v) is 4.33. The molecule has 1 saturated heterocycles. The number of hydrogen-bond donors (Lipinski definition) is 3. The second kappa shape index (κ2) is 12.9. The molecule has 3 N–H and O–H groups in total. The fourth-order valence-electron chi connectivity index (χ4n) is 3.84. The number of piperazine rings is 1. The molecule has 176 valence electrons. The van der Waals surface area contributed by atoms with Gasteiger partial charge in [0.1, 0.15) is 0 Å². The lowest BCUT2D eigenvalue weighted by atomic mass is 10.1. The minimum atomic E-state index is -0.0513. The third kappa shape index (κ3) is 7.18. The molecular formula is C26H32BrClN4O. The van der Waals surface area contributed by atoms with Gasteiger partial charge in [0.2, 0.25) is 0 Å². The molecule has 3 aromatic rings. The Labute approximate surface area is 209 Å². The summed E-state index contributed by atoms with van der Waals surface area (Å²) in [5.74, 6) is -0.0513. The molecule has 2 heterocycles. The summed E-state index contributed by atoms with van der Waals surface area (Å²) in [5.41, 5.74) is 3.42. The van der Waals surface area contributed by atoms with Gasteiger partial charge >= 0.3 is 0 Å². The fraction of sp³-hybridized carbons (Fsp3) is 0.346. The molecule has 0 saturated carbocycles. The maximum absolute atomic E-state index is 13.1. The lowest BCUT2D eigenvalue weighted by molar-refractivity contribution is 0.0953. The minimum Gasteiger partial charge on any atom is -0.354 e. The van der Waals surface area contributed by atoms with E-state index in [1.54, 1.807) is 0 Å². The number of nitrogens with one attached hydrogen (secondary N) is 3. The number of H-pyrrole nitrogens is 1. The Balaban J connectivity index is 0.00000149. The van der Waals surface area contributed by atoms with Crippen LogP contribution < -0.4 is 10.6 Å². The Morgan fingerprint density at radius 1 is 1.12 bits per heavy atom. The highest BCUT2D eigenvalue weighted by Gasteiger charge is 2.17. The minimum absolute atomic E-state index is 0.0513. The second-order valence-corrected chi connectivity index (χ2v) is 9.04. The maximum Gasteiger partial charge on any atom is 0.254 e. The summed E-state index contributed by atoms with van der Waals surface area (Å²) < 4.78 is 0.970. The average Bonchev–Trinajstić information content (AvgIpc) is 3.20. The van der Waals surface area contributed by atoms with E-state index in [4.69, 9.17) is 11.6 Å². The smallest absolute Gasteiger partial charge is 0.254 e. The molecule has 2 aromatic carbocycles. The zero-order valence-electron chi connectivity index (χ0n) is 19.3. The number of fused-ring (bicyclic) bond motifs is 1. The summed E-state index contributed by atoms with van der Waals surface area (Å²) in [4.78, 5) is 18.9. The number of rotatable bonds is 7. The molecule has 0 atom stereocenters. The van der Waals surface area contributed by atoms with Gasteiger partial charge in [-0.05, 0) is 48.9 Å². The van der Waals surface area contributed by atoms with E-state index in [2.05, 4.69) is 36.4 Å². The van der Waals surface area contributed by atoms with Crippen LogP contribution in [0.5, 0.6) is 0 Å². The molecule has 1 aliphatic rings. The van der Waals surface area contributed by atoms with Crippen molar-refractivity contribution >= 4 is 56.5 Å². The first kappa shape index (κ1) is 25.5. The number of carbonyl (C=O) groups is 1. The number of carbonyl (C=O) groups excluding carboxylic acids is 1. The quantitative estimate of drug-likeness (QED) is 0.337. The van der Waals surface area contributed by atoms with Crippen LogP contribution in [0.15, 0.2) is 46.9 Å². The molecule has 5 nitrogen and oxygen atoms in total. The van der Waals surface area contributed by atoms with Crippen LogP contribution in [-0.4, -0.2) is 55.1 Å². The van der Waals surface area contributed by atoms with Gasteiger partial charge in [-0.25, -0.2) is 0 Å². The Morgan fingerprint density at radius 2 is 1.85 bits per heavy atom. The number of halogens is 2. The van der Waals surface area contributed by atoms with Gasteiger partial charge < -0.3 is 20.5 Å². The van der Waals surface area contributed by atoms with Gasteiger partial charge in [0.05, 0.1) is 11.3 Å². The summed E-state index contributed by atoms with van der Waals surface area (Å²) in [6.45, 7) is 9.90. The van der Waals surface area contributed by atoms with E-state index in [1.807, 2.05) is 68.5 Å². The SMILES string of the molecule is CC.O=C(NCCCN1CCNCC1)c1c(/C=C/c2ccc(Cl)cc2)[nH]c2cc(Br)ccc12. The summed E-state index contributed by atoms with van der Waals surface area (Å²) in [6.07, 6.45) is 4.87. The number of aromatic nitrogens is 1. The first-order chi connectivity index (χ1) is 16.1. The molecule has 1 aromatic heterocycles. The number of amides is 1. The van der Waals surface area contributed by atoms with Crippen molar-refractivity contribution in [2.75, 3.05) is 39.3 Å². The van der Waals surface area contributed by atoms with Crippen molar-refractivity contribution in [1.29, 1.82) is 0 Å². The third-order valence-electron chi connectivity index (χ3n) is 5.48. The molecule has 1 fully saturated rings. The molecule has 0 aliphatic carbocycles. The van der Waals surface area contributed by atoms with E-state index in [0.717, 1.165) is 65.8 Å². The van der Waals surface area contributed by atoms with E-state index < -0.39 is 0 Å². The van der Waals surface area contributed by atoms with Gasteiger partial charge in [0.25, 0.3) is 5.91 Å². The number of nitrogens with zero attached hydrogens (tertiary/aromatic N) is 1. The van der Waals surface area contributed by atoms with E-state index in [9.17, 15) is 4.79 Å². The van der Waals surface area contributed by atoms with E-state index in [0.29, 0.717) is 17.1 Å². The topological polar surface area (TPSA) is 60.2 Å². The van der Waals surface area contributed by atoms with Crippen LogP contribution in [-0.2, 0) is 0 Å². The Bertz CT molecular complexity index is 1070. The van der Waals surface area contributed by atoms with Gasteiger partial charge in [0, 0.05) is 53.1 Å². The molecule has 1 aliphatic heterocycles. The lowest BCUT2D eigenvalue weighted by Gasteiger charge is -2.27. The van der Waals surface area contributed by atoms with Crippen molar-refractivity contribution in [2.45, 2.75) is 20.3 Å². The number of aromatic amines is 1. The molecule has 1 amide bonds. The van der Waals surface area contributed by atoms with Gasteiger partial charge in [-0.15, -0.1) is 0 Å². The van der Waals surface area contributed by atoms with E-state index in [-0.39, 0.29) is 5.91 Å². The lowest BCUT2D eigenvalue weighted by Crippen LogP contribution is -2.44. The van der Waals surface area contributed by atoms with Crippen LogP contribution in [0.1, 0.15) is 41.9 Å². The first-order valence-electron chi connectivity index (χ1n) is 11.6. The average molecular weight is 532 g/mol. The van der Waals surface area contributed by atoms with E-state index >= 15 is 0 Å². The molecule has 7 heteroatoms. The van der Waals surface area contributed by atoms with Crippen molar-refractivity contribution in [3.8, 4) is 0 Å². The van der Waals surface area contributed by atoms with Crippen molar-refractivity contribution in [3.05, 3.63) is 68.8 Å². The van der Waals surface area contributed by atoms with Crippen molar-refractivity contribution in [1.82, 2.24) is 20.5 Å². The molecule has 0 spiro atoms. The zero-order chi connectivity index (χ0) is 23.6. The van der Waals surface area contributed by atoms with Gasteiger partial charge in [-0.2, -0.15) is 0 Å². The Morgan fingerprint density at radius 3 is 2.58 bits per heavy atom. The standard InChI is InChI=1S/C24H26BrClN4O.C2H6/c25-18-5-8-20-22(16-18)29-21(9-4-17-2-6-19(26)7-3-17)23(20)24(31)28-10-1-13-30-14-11-27-12-15-30;1-2/h2-9,16,27,29H,1,10-15H2,(H,28,31);1-2H3/b9-4+;. The summed E-state index contributed by atoms with van der Waals surface area (Å²) in [7, 11) is 0. The normalized spacial score (nSPS) is 14.3. The van der Waals surface area contributed by atoms with Crippen LogP contribution in [0.3, 0.4) is 0 Å². The molecule has 0 unspecified atom stereocenters. The summed E-state index contributed by atoms with van der Waals surface area (Å²) in [6, 6.07) is 13.6. The Hall–Kier alpha value is -2.12. The largest absolute Gasteiger partial charge is 0.354 e. The molecule has 4 rings (SSSR count). The van der Waals surface area contributed by atoms with Crippen LogP contribution in [0.4, 0.5) is 0 Å². The van der Waals surface area contributed by atoms with Gasteiger partial charge in [-0.1, -0.05) is 65.7 Å². The van der Waals surface area contributed by atoms with Crippen LogP contribution in [0.25, 0.3) is 23.1 Å². The van der Waals surface area contributed by atoms with Crippen molar-refractivity contribution in [3.63, 3.8) is 0 Å².